The van der Waals surface area contributed by atoms with Crippen molar-refractivity contribution in [1.82, 2.24) is 46.9 Å². The van der Waals surface area contributed by atoms with Gasteiger partial charge in [-0.15, -0.1) is 10.6 Å². The first kappa shape index (κ1) is 28.4. The maximum absolute atomic E-state index is 14.5. The van der Waals surface area contributed by atoms with E-state index < -0.39 is 17.9 Å². The van der Waals surface area contributed by atoms with Gasteiger partial charge in [0.1, 0.15) is 17.5 Å². The van der Waals surface area contributed by atoms with Gasteiger partial charge in [0.2, 0.25) is 0 Å². The predicted octanol–water partition coefficient (Wildman–Crippen LogP) is 0.873. The van der Waals surface area contributed by atoms with Crippen LogP contribution in [0.15, 0.2) is 42.4 Å². The molecule has 0 fully saturated rings. The van der Waals surface area contributed by atoms with E-state index in [1.807, 2.05) is 24.3 Å². The van der Waals surface area contributed by atoms with E-state index in [4.69, 9.17) is 4.74 Å². The highest BCUT2D eigenvalue weighted by Crippen LogP contribution is 2.10. The molecule has 0 saturated heterocycles. The second-order valence-corrected chi connectivity index (χ2v) is 9.62. The summed E-state index contributed by atoms with van der Waals surface area (Å²) in [4.78, 5) is 35.9. The van der Waals surface area contributed by atoms with E-state index in [1.165, 1.54) is 29.1 Å². The standard InChI is InChI=1S/C24H34FN9O4/c1-24(2,3)38-23(37)28-12-17-7-5-6-16(10-17)11-27-22(36)20-15-34(32-30-20)13-18(25)8-9-33-14-19(29-31-33)21(35)26-4/h5-7,10,14-15,18,30,32H,8-9,11-13H2,1-4H3,(H,26,35)(H,27,36)(H,28,37). The Hall–Kier alpha value is -4.20. The Balaban J connectivity index is 1.41. The zero-order valence-corrected chi connectivity index (χ0v) is 21.9. The summed E-state index contributed by atoms with van der Waals surface area (Å²) in [6.07, 6.45) is 1.35. The van der Waals surface area contributed by atoms with Crippen molar-refractivity contribution in [1.29, 1.82) is 0 Å². The average molecular weight is 532 g/mol. The molecule has 13 nitrogen and oxygen atoms in total. The molecule has 5 N–H and O–H groups in total. The molecule has 2 aromatic rings. The van der Waals surface area contributed by atoms with Crippen molar-refractivity contribution in [2.45, 2.75) is 58.6 Å². The Morgan fingerprint density at radius 3 is 2.53 bits per heavy atom. The van der Waals surface area contributed by atoms with E-state index in [2.05, 4.69) is 37.2 Å². The molecule has 0 bridgehead atoms. The van der Waals surface area contributed by atoms with Crippen molar-refractivity contribution < 1.29 is 23.5 Å². The van der Waals surface area contributed by atoms with Gasteiger partial charge < -0.3 is 20.7 Å². The number of nitrogens with zero attached hydrogens (tertiary/aromatic N) is 4. The molecule has 206 valence electrons. The molecule has 1 aromatic carbocycles. The smallest absolute Gasteiger partial charge is 0.407 e. The van der Waals surface area contributed by atoms with Crippen LogP contribution in [0.4, 0.5) is 9.18 Å². The van der Waals surface area contributed by atoms with Crippen LogP contribution in [0.5, 0.6) is 0 Å². The zero-order chi connectivity index (χ0) is 27.7. The molecule has 3 rings (SSSR count). The van der Waals surface area contributed by atoms with Crippen LogP contribution in [0.1, 0.15) is 48.8 Å². The van der Waals surface area contributed by atoms with Gasteiger partial charge in [0.05, 0.1) is 12.7 Å². The number of nitrogens with one attached hydrogen (secondary N) is 5. The number of amides is 3. The lowest BCUT2D eigenvalue weighted by Gasteiger charge is -2.19. The molecule has 0 saturated carbocycles. The molecule has 3 amide bonds. The molecule has 0 radical (unpaired) electrons. The predicted molar refractivity (Wildman–Crippen MR) is 135 cm³/mol. The number of hydrazine groups is 2. The Morgan fingerprint density at radius 1 is 1.13 bits per heavy atom. The SMILES string of the molecule is CNC(=O)c1cn(CCC(F)CN2C=C(C(=O)NCc3cccc(CNC(=O)OC(C)(C)C)c3)NN2)nn1. The number of carbonyl (C=O) groups excluding carboxylic acids is 3. The van der Waals surface area contributed by atoms with Crippen LogP contribution in [0.3, 0.4) is 0 Å². The summed E-state index contributed by atoms with van der Waals surface area (Å²) in [6, 6.07) is 7.44. The van der Waals surface area contributed by atoms with Crippen LogP contribution >= 0.6 is 0 Å². The van der Waals surface area contributed by atoms with Crippen molar-refractivity contribution >= 4 is 17.9 Å². The molecule has 1 aliphatic rings. The lowest BCUT2D eigenvalue weighted by molar-refractivity contribution is -0.118. The third-order valence-corrected chi connectivity index (χ3v) is 5.21. The summed E-state index contributed by atoms with van der Waals surface area (Å²) < 4.78 is 21.1. The molecule has 1 aromatic heterocycles. The minimum absolute atomic E-state index is 0.00647. The number of benzene rings is 1. The summed E-state index contributed by atoms with van der Waals surface area (Å²) in [6.45, 7) is 6.17. The Kier molecular flexibility index (Phi) is 9.60. The monoisotopic (exact) mass is 531 g/mol. The van der Waals surface area contributed by atoms with Gasteiger partial charge in [-0.1, -0.05) is 29.5 Å². The van der Waals surface area contributed by atoms with Crippen molar-refractivity contribution in [2.75, 3.05) is 13.6 Å². The van der Waals surface area contributed by atoms with Gasteiger partial charge in [-0.3, -0.25) is 24.7 Å². The van der Waals surface area contributed by atoms with Crippen LogP contribution in [0, 0.1) is 0 Å². The number of alkyl halides is 1. The van der Waals surface area contributed by atoms with Gasteiger partial charge in [0.15, 0.2) is 5.69 Å². The molecule has 0 aliphatic carbocycles. The van der Waals surface area contributed by atoms with Gasteiger partial charge in [0, 0.05) is 39.3 Å². The van der Waals surface area contributed by atoms with Crippen molar-refractivity contribution in [3.8, 4) is 0 Å². The quantitative estimate of drug-likeness (QED) is 0.284. The fourth-order valence-electron chi connectivity index (χ4n) is 3.40. The number of hydrogen-bond donors (Lipinski definition) is 5. The fourth-order valence-corrected chi connectivity index (χ4v) is 3.40. The molecular formula is C24H34FN9O4. The Morgan fingerprint density at radius 2 is 1.84 bits per heavy atom. The summed E-state index contributed by atoms with van der Waals surface area (Å²) in [5.74, 6) is -0.726. The van der Waals surface area contributed by atoms with Gasteiger partial charge >= 0.3 is 6.09 Å². The van der Waals surface area contributed by atoms with Crippen molar-refractivity contribution in [3.63, 3.8) is 0 Å². The van der Waals surface area contributed by atoms with Gasteiger partial charge in [-0.2, -0.15) is 0 Å². The number of ether oxygens (including phenoxy) is 1. The highest BCUT2D eigenvalue weighted by Gasteiger charge is 2.21. The van der Waals surface area contributed by atoms with E-state index in [9.17, 15) is 18.8 Å². The maximum atomic E-state index is 14.5. The molecule has 14 heteroatoms. The van der Waals surface area contributed by atoms with Gasteiger partial charge in [-0.05, 0) is 31.9 Å². The second kappa shape index (κ2) is 12.9. The molecule has 38 heavy (non-hydrogen) atoms. The van der Waals surface area contributed by atoms with E-state index in [-0.39, 0.29) is 49.3 Å². The molecular weight excluding hydrogens is 497 g/mol. The average Bonchev–Trinajstić information content (AvgIpc) is 3.53. The van der Waals surface area contributed by atoms with E-state index in [0.717, 1.165) is 11.1 Å². The number of aromatic nitrogens is 3. The van der Waals surface area contributed by atoms with Crippen molar-refractivity contribution in [2.24, 2.45) is 0 Å². The Labute approximate surface area is 220 Å². The van der Waals surface area contributed by atoms with E-state index >= 15 is 0 Å². The second-order valence-electron chi connectivity index (χ2n) is 9.62. The number of carbonyl (C=O) groups is 3. The summed E-state index contributed by atoms with van der Waals surface area (Å²) in [7, 11) is 1.49. The van der Waals surface area contributed by atoms with Crippen LogP contribution < -0.4 is 26.9 Å². The van der Waals surface area contributed by atoms with Crippen LogP contribution in [-0.4, -0.2) is 63.3 Å². The minimum Gasteiger partial charge on any atom is -0.444 e. The lowest BCUT2D eigenvalue weighted by Crippen LogP contribution is -2.41. The molecule has 1 aliphatic heterocycles. The maximum Gasteiger partial charge on any atom is 0.407 e. The molecule has 0 spiro atoms. The first-order chi connectivity index (χ1) is 18.0. The summed E-state index contributed by atoms with van der Waals surface area (Å²) in [5.41, 5.74) is 7.01. The lowest BCUT2D eigenvalue weighted by atomic mass is 10.1. The number of halogens is 1. The highest BCUT2D eigenvalue weighted by atomic mass is 19.1. The molecule has 1 atom stereocenters. The summed E-state index contributed by atoms with van der Waals surface area (Å²) >= 11 is 0. The summed E-state index contributed by atoms with van der Waals surface area (Å²) in [5, 5.41) is 17.0. The number of hydrogen-bond acceptors (Lipinski definition) is 9. The normalized spacial score (nSPS) is 13.8. The Bertz CT molecular complexity index is 1160. The topological polar surface area (TPSA) is 155 Å². The van der Waals surface area contributed by atoms with Gasteiger partial charge in [-0.25, -0.2) is 9.18 Å². The van der Waals surface area contributed by atoms with Crippen LogP contribution in [0.25, 0.3) is 0 Å². The minimum atomic E-state index is -1.23. The van der Waals surface area contributed by atoms with E-state index in [1.54, 1.807) is 20.8 Å². The van der Waals surface area contributed by atoms with E-state index in [0.29, 0.717) is 6.54 Å². The third-order valence-electron chi connectivity index (χ3n) is 5.21. The largest absolute Gasteiger partial charge is 0.444 e. The number of rotatable bonds is 11. The fraction of sp³-hybridized carbons (Fsp3) is 0.458. The molecule has 1 unspecified atom stereocenters. The number of alkyl carbamates (subject to hydrolysis) is 1. The first-order valence-electron chi connectivity index (χ1n) is 12.1. The third kappa shape index (κ3) is 9.03. The van der Waals surface area contributed by atoms with Gasteiger partial charge in [0.25, 0.3) is 11.8 Å². The molecule has 2 heterocycles. The van der Waals surface area contributed by atoms with Crippen LogP contribution in [0.2, 0.25) is 0 Å². The van der Waals surface area contributed by atoms with Crippen molar-refractivity contribution in [3.05, 3.63) is 59.2 Å². The number of aryl methyl sites for hydroxylation is 1. The van der Waals surface area contributed by atoms with Crippen LogP contribution in [-0.2, 0) is 29.2 Å². The zero-order valence-electron chi connectivity index (χ0n) is 21.9. The highest BCUT2D eigenvalue weighted by molar-refractivity contribution is 5.92. The first-order valence-corrected chi connectivity index (χ1v) is 12.1.